The van der Waals surface area contributed by atoms with Crippen LogP contribution in [-0.4, -0.2) is 44.2 Å². The Hall–Kier alpha value is -0.720. The Kier molecular flexibility index (Phi) is 7.87. The lowest BCUT2D eigenvalue weighted by Crippen LogP contribution is -2.35. The number of nitrogens with zero attached hydrogens (tertiary/aromatic N) is 3. The van der Waals surface area contributed by atoms with Gasteiger partial charge in [-0.2, -0.15) is 5.11 Å². The molecule has 0 aliphatic heterocycles. The minimum atomic E-state index is 0.608. The molecule has 0 aliphatic carbocycles. The molecule has 0 heterocycles. The molecule has 0 saturated carbocycles. The summed E-state index contributed by atoms with van der Waals surface area (Å²) in [5.74, 6) is 4.85. The van der Waals surface area contributed by atoms with Gasteiger partial charge in [-0.15, -0.1) is 0 Å². The first-order chi connectivity index (χ1) is 5.85. The molecular weight excluding hydrogens is 156 g/mol. The molecular formula is C6H18N6. The van der Waals surface area contributed by atoms with Crippen molar-refractivity contribution in [1.29, 1.82) is 0 Å². The third kappa shape index (κ3) is 6.02. The summed E-state index contributed by atoms with van der Waals surface area (Å²) in [6.45, 7) is 4.39. The van der Waals surface area contributed by atoms with Gasteiger partial charge in [0.2, 0.25) is 0 Å². The van der Waals surface area contributed by atoms with Crippen molar-refractivity contribution in [3.8, 4) is 0 Å². The Bertz CT molecular complexity index is 109. The number of nitrogens with two attached hydrogens (primary N) is 3. The van der Waals surface area contributed by atoms with Crippen molar-refractivity contribution < 1.29 is 0 Å². The van der Waals surface area contributed by atoms with Gasteiger partial charge in [-0.25, -0.2) is 0 Å². The van der Waals surface area contributed by atoms with E-state index in [9.17, 15) is 0 Å². The van der Waals surface area contributed by atoms with Crippen LogP contribution in [0, 0.1) is 0 Å². The van der Waals surface area contributed by atoms with Crippen LogP contribution in [0.3, 0.4) is 0 Å². The summed E-state index contributed by atoms with van der Waals surface area (Å²) >= 11 is 0. The third-order valence-corrected chi connectivity index (χ3v) is 1.49. The highest BCUT2D eigenvalue weighted by Crippen LogP contribution is 1.85. The predicted octanol–water partition coefficient (Wildman–Crippen LogP) is -1.47. The smallest absolute Gasteiger partial charge is 0.0747 e. The molecule has 0 aromatic heterocycles. The lowest BCUT2D eigenvalue weighted by molar-refractivity contribution is 0.295. The van der Waals surface area contributed by atoms with Crippen LogP contribution in [-0.2, 0) is 0 Å². The fraction of sp³-hybridized carbons (Fsp3) is 1.00. The van der Waals surface area contributed by atoms with Gasteiger partial charge >= 0.3 is 0 Å². The van der Waals surface area contributed by atoms with E-state index in [0.29, 0.717) is 19.6 Å². The van der Waals surface area contributed by atoms with Gasteiger partial charge in [0.25, 0.3) is 0 Å². The first kappa shape index (κ1) is 11.3. The molecule has 0 fully saturated rings. The van der Waals surface area contributed by atoms with E-state index in [1.165, 1.54) is 0 Å². The Morgan fingerprint density at radius 2 is 1.58 bits per heavy atom. The quantitative estimate of drug-likeness (QED) is 0.249. The molecule has 0 aromatic carbocycles. The highest BCUT2D eigenvalue weighted by atomic mass is 15.3. The van der Waals surface area contributed by atoms with Gasteiger partial charge in [-0.05, 0) is 0 Å². The summed E-state index contributed by atoms with van der Waals surface area (Å²) in [5, 5.41) is 6.82. The zero-order chi connectivity index (χ0) is 9.23. The number of hydrogen-bond acceptors (Lipinski definition) is 5. The molecule has 6 heteroatoms. The van der Waals surface area contributed by atoms with Crippen LogP contribution in [0.15, 0.2) is 10.3 Å². The molecule has 0 amide bonds. The van der Waals surface area contributed by atoms with Gasteiger partial charge < -0.3 is 17.3 Å². The number of hydrogen-bond donors (Lipinski definition) is 3. The topological polar surface area (TPSA) is 106 Å². The Morgan fingerprint density at radius 3 is 2.00 bits per heavy atom. The van der Waals surface area contributed by atoms with Gasteiger partial charge in [0.05, 0.1) is 6.54 Å². The Morgan fingerprint density at radius 1 is 1.00 bits per heavy atom. The van der Waals surface area contributed by atoms with E-state index in [1.54, 1.807) is 0 Å². The zero-order valence-electron chi connectivity index (χ0n) is 7.32. The standard InChI is InChI=1S/C6H18N6/c7-1-4-12(5-2-8)6-3-10-11-9/h1-8H2,(H2,9,10). The lowest BCUT2D eigenvalue weighted by Gasteiger charge is -2.18. The van der Waals surface area contributed by atoms with E-state index < -0.39 is 0 Å². The second-order valence-electron chi connectivity index (χ2n) is 2.40. The maximum Gasteiger partial charge on any atom is 0.0747 e. The Balaban J connectivity index is 3.47. The molecule has 72 valence electrons. The lowest BCUT2D eigenvalue weighted by atomic mass is 10.4. The largest absolute Gasteiger partial charge is 0.329 e. The molecule has 6 nitrogen and oxygen atoms in total. The van der Waals surface area contributed by atoms with Crippen LogP contribution in [0.2, 0.25) is 0 Å². The van der Waals surface area contributed by atoms with Crippen LogP contribution in [0.5, 0.6) is 0 Å². The molecule has 0 atom stereocenters. The minimum Gasteiger partial charge on any atom is -0.329 e. The molecule has 0 rings (SSSR count). The van der Waals surface area contributed by atoms with Crippen molar-refractivity contribution in [3.63, 3.8) is 0 Å². The maximum absolute atomic E-state index is 5.40. The average molecular weight is 174 g/mol. The molecule has 0 unspecified atom stereocenters. The summed E-state index contributed by atoms with van der Waals surface area (Å²) in [6, 6.07) is 0. The van der Waals surface area contributed by atoms with Crippen molar-refractivity contribution in [2.45, 2.75) is 0 Å². The van der Waals surface area contributed by atoms with Crippen LogP contribution < -0.4 is 17.3 Å². The molecule has 0 bridgehead atoms. The fourth-order valence-corrected chi connectivity index (χ4v) is 0.944. The summed E-state index contributed by atoms with van der Waals surface area (Å²) < 4.78 is 0. The van der Waals surface area contributed by atoms with Crippen LogP contribution in [0.25, 0.3) is 0 Å². The molecule has 12 heavy (non-hydrogen) atoms. The normalized spacial score (nSPS) is 11.6. The second-order valence-corrected chi connectivity index (χ2v) is 2.40. The molecule has 6 N–H and O–H groups in total. The SMILES string of the molecule is NCCN(CCN)CCN=NN. The molecule has 0 aromatic rings. The highest BCUT2D eigenvalue weighted by Gasteiger charge is 2.00. The molecule has 0 saturated heterocycles. The molecule has 0 radical (unpaired) electrons. The van der Waals surface area contributed by atoms with Crippen molar-refractivity contribution in [1.82, 2.24) is 4.90 Å². The van der Waals surface area contributed by atoms with E-state index in [4.69, 9.17) is 17.3 Å². The summed E-state index contributed by atoms with van der Waals surface area (Å²) in [6.07, 6.45) is 0. The molecule has 0 aliphatic rings. The minimum absolute atomic E-state index is 0.608. The van der Waals surface area contributed by atoms with Crippen molar-refractivity contribution in [3.05, 3.63) is 0 Å². The van der Waals surface area contributed by atoms with Crippen LogP contribution in [0.4, 0.5) is 0 Å². The van der Waals surface area contributed by atoms with E-state index in [0.717, 1.165) is 19.6 Å². The first-order valence-electron chi connectivity index (χ1n) is 4.04. The van der Waals surface area contributed by atoms with E-state index >= 15 is 0 Å². The van der Waals surface area contributed by atoms with Gasteiger partial charge in [-0.1, -0.05) is 5.22 Å². The number of rotatable bonds is 7. The average Bonchev–Trinajstić information content (AvgIpc) is 2.06. The van der Waals surface area contributed by atoms with Crippen molar-refractivity contribution in [2.24, 2.45) is 27.6 Å². The summed E-state index contributed by atoms with van der Waals surface area (Å²) in [7, 11) is 0. The zero-order valence-corrected chi connectivity index (χ0v) is 7.32. The fourth-order valence-electron chi connectivity index (χ4n) is 0.944. The maximum atomic E-state index is 5.40. The van der Waals surface area contributed by atoms with Gasteiger partial charge in [0, 0.05) is 32.7 Å². The first-order valence-corrected chi connectivity index (χ1v) is 4.04. The summed E-state index contributed by atoms with van der Waals surface area (Å²) in [4.78, 5) is 2.13. The van der Waals surface area contributed by atoms with Gasteiger partial charge in [-0.3, -0.25) is 4.90 Å². The monoisotopic (exact) mass is 174 g/mol. The van der Waals surface area contributed by atoms with Crippen LogP contribution >= 0.6 is 0 Å². The predicted molar refractivity (Wildman–Crippen MR) is 48.5 cm³/mol. The van der Waals surface area contributed by atoms with E-state index in [2.05, 4.69) is 15.2 Å². The second kappa shape index (κ2) is 8.38. The third-order valence-electron chi connectivity index (χ3n) is 1.49. The van der Waals surface area contributed by atoms with Gasteiger partial charge in [0.1, 0.15) is 0 Å². The summed E-state index contributed by atoms with van der Waals surface area (Å²) in [5.41, 5.74) is 10.8. The Labute approximate surface area is 72.8 Å². The van der Waals surface area contributed by atoms with Crippen molar-refractivity contribution >= 4 is 0 Å². The highest BCUT2D eigenvalue weighted by molar-refractivity contribution is 4.59. The van der Waals surface area contributed by atoms with E-state index in [1.807, 2.05) is 0 Å². The van der Waals surface area contributed by atoms with E-state index in [-0.39, 0.29) is 0 Å². The van der Waals surface area contributed by atoms with Crippen molar-refractivity contribution in [2.75, 3.05) is 39.3 Å². The van der Waals surface area contributed by atoms with Crippen LogP contribution in [0.1, 0.15) is 0 Å². The van der Waals surface area contributed by atoms with Gasteiger partial charge in [0.15, 0.2) is 0 Å². The molecule has 0 spiro atoms.